The van der Waals surface area contributed by atoms with Crippen LogP contribution in [-0.2, 0) is 11.4 Å². The van der Waals surface area contributed by atoms with E-state index in [1.165, 1.54) is 13.2 Å². The van der Waals surface area contributed by atoms with Gasteiger partial charge in [0, 0.05) is 24.4 Å². The molecule has 0 bridgehead atoms. The first-order chi connectivity index (χ1) is 13.2. The number of thiophene rings is 1. The third-order valence-corrected chi connectivity index (χ3v) is 5.21. The van der Waals surface area contributed by atoms with E-state index in [9.17, 15) is 4.39 Å². The van der Waals surface area contributed by atoms with E-state index in [4.69, 9.17) is 9.57 Å². The van der Waals surface area contributed by atoms with Crippen molar-refractivity contribution in [3.8, 4) is 5.75 Å². The molecule has 140 valence electrons. The van der Waals surface area contributed by atoms with Crippen molar-refractivity contribution in [2.75, 3.05) is 21.2 Å². The number of nitrogens with zero attached hydrogens (tertiary/aromatic N) is 2. The number of ether oxygens (including phenoxy) is 1. The molecule has 1 heterocycles. The highest BCUT2D eigenvalue weighted by Crippen LogP contribution is 2.33. The average molecular weight is 385 g/mol. The molecular weight excluding hydrogens is 365 g/mol. The molecule has 7 heteroatoms. The van der Waals surface area contributed by atoms with Crippen LogP contribution in [0.3, 0.4) is 0 Å². The molecule has 0 atom stereocenters. The average Bonchev–Trinajstić information content (AvgIpc) is 3.06. The highest BCUT2D eigenvalue weighted by Gasteiger charge is 2.21. The number of oxime groups is 1. The summed E-state index contributed by atoms with van der Waals surface area (Å²) >= 11 is 1.56. The van der Waals surface area contributed by atoms with Gasteiger partial charge in [0.1, 0.15) is 13.7 Å². The maximum absolute atomic E-state index is 14.0. The van der Waals surface area contributed by atoms with E-state index in [2.05, 4.69) is 15.5 Å². The van der Waals surface area contributed by atoms with Crippen molar-refractivity contribution in [1.82, 2.24) is 5.32 Å². The first-order valence-corrected chi connectivity index (χ1v) is 9.15. The summed E-state index contributed by atoms with van der Waals surface area (Å²) < 4.78 is 20.8. The predicted octanol–water partition coefficient (Wildman–Crippen LogP) is 4.22. The number of fused-ring (bicyclic) bond motifs is 1. The van der Waals surface area contributed by atoms with Gasteiger partial charge in [-0.1, -0.05) is 35.5 Å². The van der Waals surface area contributed by atoms with Crippen LogP contribution in [0, 0.1) is 5.82 Å². The number of halogens is 1. The Morgan fingerprint density at radius 3 is 2.59 bits per heavy atom. The molecule has 0 saturated heterocycles. The fourth-order valence-electron chi connectivity index (χ4n) is 2.76. The Hall–Kier alpha value is -2.93. The molecule has 27 heavy (non-hydrogen) atoms. The van der Waals surface area contributed by atoms with E-state index in [1.54, 1.807) is 43.6 Å². The van der Waals surface area contributed by atoms with Crippen molar-refractivity contribution < 1.29 is 14.0 Å². The number of nitrogens with one attached hydrogen (secondary N) is 1. The fourth-order valence-corrected chi connectivity index (χ4v) is 3.96. The molecule has 0 fully saturated rings. The number of benzene rings is 2. The predicted molar refractivity (Wildman–Crippen MR) is 109 cm³/mol. The second-order valence-electron chi connectivity index (χ2n) is 5.57. The van der Waals surface area contributed by atoms with Crippen molar-refractivity contribution in [2.24, 2.45) is 10.1 Å². The van der Waals surface area contributed by atoms with Crippen LogP contribution in [-0.4, -0.2) is 32.8 Å². The number of rotatable bonds is 6. The normalized spacial score (nSPS) is 12.3. The number of aliphatic imine (C=N–C) groups is 1. The van der Waals surface area contributed by atoms with Crippen LogP contribution >= 0.6 is 11.3 Å². The minimum atomic E-state index is -0.393. The zero-order valence-corrected chi connectivity index (χ0v) is 16.1. The molecule has 0 radical (unpaired) electrons. The van der Waals surface area contributed by atoms with Gasteiger partial charge in [0.25, 0.3) is 0 Å². The Morgan fingerprint density at radius 2 is 1.89 bits per heavy atom. The molecule has 0 unspecified atom stereocenters. The molecule has 0 amide bonds. The third-order valence-electron chi connectivity index (χ3n) is 3.99. The lowest BCUT2D eigenvalue weighted by atomic mass is 10.1. The van der Waals surface area contributed by atoms with Gasteiger partial charge in [0.05, 0.1) is 4.88 Å². The highest BCUT2D eigenvalue weighted by atomic mass is 32.1. The number of hydrogen-bond donors (Lipinski definition) is 1. The molecule has 0 spiro atoms. The highest BCUT2D eigenvalue weighted by molar-refractivity contribution is 7.21. The topological polar surface area (TPSA) is 55.2 Å². The quantitative estimate of drug-likeness (QED) is 0.393. The van der Waals surface area contributed by atoms with Crippen LogP contribution in [0.15, 0.2) is 58.7 Å². The summed E-state index contributed by atoms with van der Waals surface area (Å²) in [5.74, 6) is 0.410. The molecule has 0 aliphatic heterocycles. The summed E-state index contributed by atoms with van der Waals surface area (Å²) in [6, 6.07) is 14.3. The zero-order valence-electron chi connectivity index (χ0n) is 15.3. The number of amidine groups is 1. The van der Waals surface area contributed by atoms with Crippen molar-refractivity contribution in [1.29, 1.82) is 0 Å². The first kappa shape index (κ1) is 18.8. The Kier molecular flexibility index (Phi) is 6.03. The maximum Gasteiger partial charge on any atom is 0.165 e. The van der Waals surface area contributed by atoms with Crippen LogP contribution in [0.2, 0.25) is 0 Å². The van der Waals surface area contributed by atoms with Gasteiger partial charge in [0.15, 0.2) is 23.1 Å². The van der Waals surface area contributed by atoms with E-state index in [1.807, 2.05) is 24.3 Å². The lowest BCUT2D eigenvalue weighted by molar-refractivity contribution is 0.214. The SMILES string of the molecule is CN=C(NC)C(=NOC)c1sc2ccccc2c1COc1ccccc1F. The minimum absolute atomic E-state index is 0.198. The standard InChI is InChI=1S/C20H20FN3O2S/c1-22-20(23-2)18(24-25-3)19-14(13-8-4-7-11-17(13)27-19)12-26-16-10-6-5-9-15(16)21/h4-11H,12H2,1-3H3,(H,22,23). The van der Waals surface area contributed by atoms with Crippen LogP contribution in [0.5, 0.6) is 5.75 Å². The van der Waals surface area contributed by atoms with E-state index < -0.39 is 5.82 Å². The van der Waals surface area contributed by atoms with Gasteiger partial charge >= 0.3 is 0 Å². The summed E-state index contributed by atoms with van der Waals surface area (Å²) in [6.45, 7) is 0.198. The van der Waals surface area contributed by atoms with Crippen LogP contribution in [0.25, 0.3) is 10.1 Å². The summed E-state index contributed by atoms with van der Waals surface area (Å²) in [6.07, 6.45) is 0. The molecule has 0 saturated carbocycles. The molecule has 3 aromatic rings. The van der Waals surface area contributed by atoms with Crippen molar-refractivity contribution in [3.05, 3.63) is 64.8 Å². The zero-order chi connectivity index (χ0) is 19.2. The minimum Gasteiger partial charge on any atom is -0.486 e. The molecule has 3 rings (SSSR count). The van der Waals surface area contributed by atoms with Gasteiger partial charge in [-0.15, -0.1) is 11.3 Å². The molecule has 1 N–H and O–H groups in total. The summed E-state index contributed by atoms with van der Waals surface area (Å²) in [5, 5.41) is 8.24. The molecular formula is C20H20FN3O2S. The van der Waals surface area contributed by atoms with Gasteiger partial charge in [-0.05, 0) is 23.6 Å². The van der Waals surface area contributed by atoms with E-state index in [0.29, 0.717) is 11.5 Å². The Morgan fingerprint density at radius 1 is 1.15 bits per heavy atom. The number of hydrogen-bond acceptors (Lipinski definition) is 5. The van der Waals surface area contributed by atoms with Gasteiger partial charge in [0.2, 0.25) is 0 Å². The molecule has 1 aromatic heterocycles. The summed E-state index contributed by atoms with van der Waals surface area (Å²) in [4.78, 5) is 10.2. The van der Waals surface area contributed by atoms with Crippen LogP contribution in [0.1, 0.15) is 10.4 Å². The monoisotopic (exact) mass is 385 g/mol. The second kappa shape index (κ2) is 8.64. The van der Waals surface area contributed by atoms with E-state index >= 15 is 0 Å². The first-order valence-electron chi connectivity index (χ1n) is 8.33. The third kappa shape index (κ3) is 3.93. The van der Waals surface area contributed by atoms with Gasteiger partial charge in [-0.3, -0.25) is 4.99 Å². The smallest absolute Gasteiger partial charge is 0.165 e. The summed E-state index contributed by atoms with van der Waals surface area (Å²) in [7, 11) is 4.95. The van der Waals surface area contributed by atoms with Gasteiger partial charge < -0.3 is 14.9 Å². The van der Waals surface area contributed by atoms with Crippen molar-refractivity contribution in [3.63, 3.8) is 0 Å². The Balaban J connectivity index is 2.08. The fraction of sp³-hybridized carbons (Fsp3) is 0.200. The Labute approximate surface area is 161 Å². The van der Waals surface area contributed by atoms with E-state index in [-0.39, 0.29) is 12.4 Å². The van der Waals surface area contributed by atoms with Crippen molar-refractivity contribution >= 4 is 33.0 Å². The van der Waals surface area contributed by atoms with Crippen molar-refractivity contribution in [2.45, 2.75) is 6.61 Å². The van der Waals surface area contributed by atoms with Gasteiger partial charge in [-0.25, -0.2) is 4.39 Å². The van der Waals surface area contributed by atoms with Gasteiger partial charge in [-0.2, -0.15) is 0 Å². The molecule has 0 aliphatic rings. The molecule has 0 aliphatic carbocycles. The lowest BCUT2D eigenvalue weighted by Gasteiger charge is -2.11. The largest absolute Gasteiger partial charge is 0.486 e. The number of likely N-dealkylation sites (N-methyl/N-ethyl adjacent to an activating group) is 1. The molecule has 2 aromatic carbocycles. The van der Waals surface area contributed by atoms with Crippen LogP contribution < -0.4 is 10.1 Å². The second-order valence-corrected chi connectivity index (χ2v) is 6.62. The van der Waals surface area contributed by atoms with E-state index in [0.717, 1.165) is 20.5 Å². The lowest BCUT2D eigenvalue weighted by Crippen LogP contribution is -2.29. The Bertz CT molecular complexity index is 998. The number of para-hydroxylation sites is 1. The molecule has 5 nitrogen and oxygen atoms in total. The maximum atomic E-state index is 14.0. The van der Waals surface area contributed by atoms with Crippen LogP contribution in [0.4, 0.5) is 4.39 Å². The summed E-state index contributed by atoms with van der Waals surface area (Å²) in [5.41, 5.74) is 1.49.